The number of nitrogens with zero attached hydrogens (tertiary/aromatic N) is 3. The highest BCUT2D eigenvalue weighted by Gasteiger charge is 2.33. The predicted octanol–water partition coefficient (Wildman–Crippen LogP) is 6.01. The third-order valence-corrected chi connectivity index (χ3v) is 7.72. The van der Waals surface area contributed by atoms with Crippen molar-refractivity contribution >= 4 is 27.3 Å². The number of imidazole rings is 1. The van der Waals surface area contributed by atoms with Gasteiger partial charge < -0.3 is 4.57 Å². The molecule has 0 bridgehead atoms. The minimum absolute atomic E-state index is 0.0803. The summed E-state index contributed by atoms with van der Waals surface area (Å²) in [5.41, 5.74) is 1.20. The average molecular weight is 502 g/mol. The maximum Gasteiger partial charge on any atom is 0.264 e. The van der Waals surface area contributed by atoms with E-state index in [-0.39, 0.29) is 10.6 Å². The van der Waals surface area contributed by atoms with E-state index in [2.05, 4.69) is 4.98 Å². The third kappa shape index (κ3) is 4.98. The lowest BCUT2D eigenvalue weighted by Gasteiger charge is -2.32. The van der Waals surface area contributed by atoms with Crippen LogP contribution in [-0.4, -0.2) is 18.0 Å². The molecule has 5 nitrogen and oxygen atoms in total. The molecule has 0 aliphatic heterocycles. The van der Waals surface area contributed by atoms with Crippen LogP contribution in [-0.2, 0) is 23.0 Å². The van der Waals surface area contributed by atoms with Crippen molar-refractivity contribution < 1.29 is 17.2 Å². The molecule has 0 amide bonds. The van der Waals surface area contributed by atoms with Crippen molar-refractivity contribution in [2.75, 3.05) is 4.31 Å². The van der Waals surface area contributed by atoms with Crippen molar-refractivity contribution in [3.8, 4) is 0 Å². The minimum atomic E-state index is -4.28. The van der Waals surface area contributed by atoms with Gasteiger partial charge in [0.25, 0.3) is 10.0 Å². The van der Waals surface area contributed by atoms with E-state index in [0.29, 0.717) is 23.6 Å². The molecule has 0 unspecified atom stereocenters. The quantitative estimate of drug-likeness (QED) is 0.297. The van der Waals surface area contributed by atoms with Gasteiger partial charge in [0, 0.05) is 30.0 Å². The van der Waals surface area contributed by atoms with Crippen LogP contribution in [0.1, 0.15) is 24.1 Å². The van der Waals surface area contributed by atoms with E-state index in [1.807, 2.05) is 22.9 Å². The van der Waals surface area contributed by atoms with Gasteiger partial charge in [-0.05, 0) is 60.9 Å². The van der Waals surface area contributed by atoms with E-state index in [4.69, 9.17) is 11.6 Å². The van der Waals surface area contributed by atoms with Gasteiger partial charge >= 0.3 is 0 Å². The van der Waals surface area contributed by atoms with Crippen LogP contribution in [0, 0.1) is 11.6 Å². The number of sulfonamides is 1. The molecule has 0 fully saturated rings. The largest absolute Gasteiger partial charge is 0.337 e. The summed E-state index contributed by atoms with van der Waals surface area (Å²) in [6.45, 7) is 2.29. The third-order valence-electron chi connectivity index (χ3n) is 5.57. The first-order valence-corrected chi connectivity index (χ1v) is 12.4. The number of anilines is 1. The Balaban J connectivity index is 1.81. The number of aryl methyl sites for hydroxylation is 2. The monoisotopic (exact) mass is 501 g/mol. The van der Waals surface area contributed by atoms with Gasteiger partial charge in [-0.25, -0.2) is 22.2 Å². The van der Waals surface area contributed by atoms with Crippen molar-refractivity contribution in [1.29, 1.82) is 0 Å². The van der Waals surface area contributed by atoms with Crippen molar-refractivity contribution in [3.05, 3.63) is 113 Å². The van der Waals surface area contributed by atoms with E-state index < -0.39 is 27.7 Å². The molecule has 0 spiro atoms. The fraction of sp³-hybridized carbons (Fsp3) is 0.160. The van der Waals surface area contributed by atoms with Crippen molar-refractivity contribution in [2.24, 2.45) is 0 Å². The molecule has 1 atom stereocenters. The molecular formula is C25H22ClF2N3O2S. The average Bonchev–Trinajstić information content (AvgIpc) is 3.34. The summed E-state index contributed by atoms with van der Waals surface area (Å²) in [4.78, 5) is 3.96. The van der Waals surface area contributed by atoms with Gasteiger partial charge in [0.1, 0.15) is 11.6 Å². The second kappa shape index (κ2) is 9.95. The fourth-order valence-electron chi connectivity index (χ4n) is 3.89. The van der Waals surface area contributed by atoms with Crippen LogP contribution < -0.4 is 4.31 Å². The molecule has 9 heteroatoms. The summed E-state index contributed by atoms with van der Waals surface area (Å²) in [7, 11) is -4.28. The number of hydrogen-bond donors (Lipinski definition) is 0. The predicted molar refractivity (Wildman–Crippen MR) is 128 cm³/mol. The minimum Gasteiger partial charge on any atom is -0.337 e. The van der Waals surface area contributed by atoms with Crippen LogP contribution >= 0.6 is 11.6 Å². The van der Waals surface area contributed by atoms with Crippen molar-refractivity contribution in [2.45, 2.75) is 30.8 Å². The molecule has 1 aromatic heterocycles. The number of halogens is 3. The first-order chi connectivity index (χ1) is 16.3. The Labute approximate surface area is 202 Å². The zero-order valence-corrected chi connectivity index (χ0v) is 19.8. The van der Waals surface area contributed by atoms with Crippen LogP contribution in [0.15, 0.2) is 90.3 Å². The molecule has 0 aliphatic rings. The molecule has 0 N–H and O–H groups in total. The van der Waals surface area contributed by atoms with Gasteiger partial charge in [-0.1, -0.05) is 35.9 Å². The molecule has 0 saturated carbocycles. The lowest BCUT2D eigenvalue weighted by Crippen LogP contribution is -2.35. The Hall–Kier alpha value is -3.23. The Kier molecular flexibility index (Phi) is 7.00. The normalized spacial score (nSPS) is 12.5. The first kappa shape index (κ1) is 23.9. The van der Waals surface area contributed by atoms with Crippen LogP contribution in [0.25, 0.3) is 0 Å². The first-order valence-electron chi connectivity index (χ1n) is 10.6. The van der Waals surface area contributed by atoms with Gasteiger partial charge in [0.05, 0.1) is 23.0 Å². The Morgan fingerprint density at radius 3 is 2.50 bits per heavy atom. The molecule has 0 aliphatic carbocycles. The summed E-state index contributed by atoms with van der Waals surface area (Å²) in [5.74, 6) is -1.59. The standard InChI is InChI=1S/C25H22ClF2N3O2S/c1-18(23-5-3-2-4-19(23)12-14-30-15-13-29-17-30)31(25-16-21(27)8-11-24(25)28)34(32,33)22-9-6-20(26)7-10-22/h2-11,13,15-18H,12,14H2,1H3/t18-/m1/s1. The molecular weight excluding hydrogens is 480 g/mol. The number of aromatic nitrogens is 2. The van der Waals surface area contributed by atoms with Crippen molar-refractivity contribution in [3.63, 3.8) is 0 Å². The van der Waals surface area contributed by atoms with E-state index in [0.717, 1.165) is 28.1 Å². The summed E-state index contributed by atoms with van der Waals surface area (Å²) < 4.78 is 59.5. The molecule has 4 aromatic rings. The van der Waals surface area contributed by atoms with Gasteiger partial charge in [-0.15, -0.1) is 0 Å². The summed E-state index contributed by atoms with van der Waals surface area (Å²) in [6, 6.07) is 14.9. The van der Waals surface area contributed by atoms with E-state index in [9.17, 15) is 17.2 Å². The smallest absolute Gasteiger partial charge is 0.264 e. The van der Waals surface area contributed by atoms with E-state index in [1.54, 1.807) is 31.6 Å². The molecule has 0 radical (unpaired) electrons. The zero-order chi connectivity index (χ0) is 24.3. The highest BCUT2D eigenvalue weighted by molar-refractivity contribution is 7.92. The highest BCUT2D eigenvalue weighted by Crippen LogP contribution is 2.36. The second-order valence-electron chi connectivity index (χ2n) is 7.78. The number of rotatable bonds is 8. The lowest BCUT2D eigenvalue weighted by atomic mass is 9.98. The van der Waals surface area contributed by atoms with Crippen LogP contribution in [0.4, 0.5) is 14.5 Å². The second-order valence-corrected chi connectivity index (χ2v) is 10.0. The SMILES string of the molecule is C[C@H](c1ccccc1CCn1ccnc1)N(c1cc(F)ccc1F)S(=O)(=O)c1ccc(Cl)cc1. The molecule has 34 heavy (non-hydrogen) atoms. The van der Waals surface area contributed by atoms with Gasteiger partial charge in [0.15, 0.2) is 0 Å². The molecule has 1 heterocycles. The van der Waals surface area contributed by atoms with E-state index in [1.165, 1.54) is 24.3 Å². The van der Waals surface area contributed by atoms with Crippen molar-refractivity contribution in [1.82, 2.24) is 9.55 Å². The Morgan fingerprint density at radius 1 is 1.06 bits per heavy atom. The number of hydrogen-bond acceptors (Lipinski definition) is 3. The van der Waals surface area contributed by atoms with Gasteiger partial charge in [0.2, 0.25) is 0 Å². The zero-order valence-electron chi connectivity index (χ0n) is 18.3. The molecule has 0 saturated heterocycles. The molecule has 176 valence electrons. The molecule has 4 rings (SSSR count). The summed E-state index contributed by atoms with van der Waals surface area (Å²) >= 11 is 5.94. The van der Waals surface area contributed by atoms with Gasteiger partial charge in [-0.3, -0.25) is 4.31 Å². The van der Waals surface area contributed by atoms with Crippen LogP contribution in [0.2, 0.25) is 5.02 Å². The number of benzene rings is 3. The highest BCUT2D eigenvalue weighted by atomic mass is 35.5. The maximum atomic E-state index is 14.9. The Morgan fingerprint density at radius 2 is 1.79 bits per heavy atom. The van der Waals surface area contributed by atoms with Crippen LogP contribution in [0.3, 0.4) is 0 Å². The fourth-order valence-corrected chi connectivity index (χ4v) is 5.65. The summed E-state index contributed by atoms with van der Waals surface area (Å²) in [5, 5.41) is 0.361. The lowest BCUT2D eigenvalue weighted by molar-refractivity contribution is 0.569. The van der Waals surface area contributed by atoms with E-state index >= 15 is 0 Å². The van der Waals surface area contributed by atoms with Crippen LogP contribution in [0.5, 0.6) is 0 Å². The summed E-state index contributed by atoms with van der Waals surface area (Å²) in [6.07, 6.45) is 5.82. The maximum absolute atomic E-state index is 14.9. The molecule has 3 aromatic carbocycles. The Bertz CT molecular complexity index is 1380. The van der Waals surface area contributed by atoms with Gasteiger partial charge in [-0.2, -0.15) is 0 Å². The topological polar surface area (TPSA) is 55.2 Å².